The first-order valence-electron chi connectivity index (χ1n) is 6.30. The molecule has 1 amide bonds. The number of ether oxygens (including phenoxy) is 2. The number of anilines is 1. The second kappa shape index (κ2) is 4.43. The van der Waals surface area contributed by atoms with Crippen molar-refractivity contribution in [3.8, 4) is 0 Å². The molecule has 5 nitrogen and oxygen atoms in total. The fourth-order valence-electron chi connectivity index (χ4n) is 2.44. The second-order valence-corrected chi connectivity index (χ2v) is 4.84. The summed E-state index contributed by atoms with van der Waals surface area (Å²) >= 11 is 0. The van der Waals surface area contributed by atoms with E-state index in [1.54, 1.807) is 11.8 Å². The minimum Gasteiger partial charge on any atom is -0.341 e. The van der Waals surface area contributed by atoms with E-state index in [1.807, 2.05) is 30.3 Å². The number of hydrogen-bond donors (Lipinski definition) is 0. The summed E-state index contributed by atoms with van der Waals surface area (Å²) in [7, 11) is 0. The van der Waals surface area contributed by atoms with Crippen LogP contribution in [0, 0.1) is 5.92 Å². The molecule has 19 heavy (non-hydrogen) atoms. The van der Waals surface area contributed by atoms with Crippen molar-refractivity contribution in [3.05, 3.63) is 30.3 Å². The lowest BCUT2D eigenvalue weighted by molar-refractivity contribution is -0.180. The Balaban J connectivity index is 1.71. The Morgan fingerprint density at radius 3 is 2.47 bits per heavy atom. The zero-order chi connectivity index (χ0) is 13.5. The maximum absolute atomic E-state index is 12.2. The van der Waals surface area contributed by atoms with E-state index in [0.29, 0.717) is 19.8 Å². The molecule has 0 saturated carbocycles. The third kappa shape index (κ3) is 1.95. The smallest absolute Gasteiger partial charge is 0.239 e. The minimum absolute atomic E-state index is 0.184. The molecule has 1 atom stereocenters. The van der Waals surface area contributed by atoms with Crippen LogP contribution < -0.4 is 4.90 Å². The van der Waals surface area contributed by atoms with Gasteiger partial charge in [0.25, 0.3) is 0 Å². The summed E-state index contributed by atoms with van der Waals surface area (Å²) in [6.07, 6.45) is 0. The molecule has 0 radical (unpaired) electrons. The van der Waals surface area contributed by atoms with E-state index >= 15 is 0 Å². The van der Waals surface area contributed by atoms with E-state index in [0.717, 1.165) is 5.69 Å². The number of β-lactam (4-membered cyclic amide) rings is 1. The zero-order valence-electron chi connectivity index (χ0n) is 10.7. The van der Waals surface area contributed by atoms with Crippen LogP contribution >= 0.6 is 0 Å². The van der Waals surface area contributed by atoms with Gasteiger partial charge in [0.2, 0.25) is 17.5 Å². The van der Waals surface area contributed by atoms with Gasteiger partial charge in [0.15, 0.2) is 0 Å². The van der Waals surface area contributed by atoms with Gasteiger partial charge in [-0.25, -0.2) is 0 Å². The lowest BCUT2D eigenvalue weighted by Gasteiger charge is -2.39. The molecule has 2 aliphatic heterocycles. The van der Waals surface area contributed by atoms with Gasteiger partial charge in [-0.15, -0.1) is 0 Å². The molecule has 0 aromatic heterocycles. The molecule has 2 heterocycles. The van der Waals surface area contributed by atoms with Gasteiger partial charge in [-0.1, -0.05) is 18.2 Å². The molecular weight excluding hydrogens is 246 g/mol. The summed E-state index contributed by atoms with van der Waals surface area (Å²) in [6, 6.07) is 9.31. The van der Waals surface area contributed by atoms with Crippen LogP contribution in [0.2, 0.25) is 0 Å². The maximum atomic E-state index is 12.2. The molecule has 2 saturated heterocycles. The monoisotopic (exact) mass is 261 g/mol. The maximum Gasteiger partial charge on any atom is 0.239 e. The topological polar surface area (TPSA) is 55.8 Å². The molecule has 1 aromatic carbocycles. The Morgan fingerprint density at radius 2 is 1.89 bits per heavy atom. The fraction of sp³-hybridized carbons (Fsp3) is 0.429. The summed E-state index contributed by atoms with van der Waals surface area (Å²) < 4.78 is 10.6. The van der Waals surface area contributed by atoms with Crippen molar-refractivity contribution in [1.29, 1.82) is 0 Å². The Bertz CT molecular complexity index is 507. The van der Waals surface area contributed by atoms with Crippen molar-refractivity contribution in [2.45, 2.75) is 12.7 Å². The fourth-order valence-corrected chi connectivity index (χ4v) is 2.44. The molecule has 100 valence electrons. The predicted octanol–water partition coefficient (Wildman–Crippen LogP) is 0.981. The number of benzene rings is 1. The molecule has 1 aromatic rings. The van der Waals surface area contributed by atoms with Crippen molar-refractivity contribution >= 4 is 17.4 Å². The van der Waals surface area contributed by atoms with Crippen LogP contribution in [0.4, 0.5) is 5.69 Å². The minimum atomic E-state index is -1.25. The second-order valence-electron chi connectivity index (χ2n) is 4.84. The third-order valence-electron chi connectivity index (χ3n) is 3.60. The Hall–Kier alpha value is -1.72. The number of Topliss-reactive ketones (excluding diaryl/α,β-unsaturated/α-hetero) is 1. The highest BCUT2D eigenvalue weighted by atomic mass is 16.7. The molecular formula is C14H15NO4. The Labute approximate surface area is 111 Å². The summed E-state index contributed by atoms with van der Waals surface area (Å²) in [5.41, 5.74) is 0.815. The van der Waals surface area contributed by atoms with Crippen LogP contribution in [0.3, 0.4) is 0 Å². The van der Waals surface area contributed by atoms with Crippen LogP contribution in [-0.4, -0.2) is 37.2 Å². The molecule has 0 N–H and O–H groups in total. The van der Waals surface area contributed by atoms with E-state index < -0.39 is 11.7 Å². The van der Waals surface area contributed by atoms with Crippen LogP contribution in [0.15, 0.2) is 30.3 Å². The average Bonchev–Trinajstić information content (AvgIpc) is 2.86. The number of ketones is 1. The summed E-state index contributed by atoms with van der Waals surface area (Å²) in [5.74, 6) is -2.36. The highest BCUT2D eigenvalue weighted by Crippen LogP contribution is 2.32. The first-order valence-corrected chi connectivity index (χ1v) is 6.30. The van der Waals surface area contributed by atoms with Crippen LogP contribution in [0.1, 0.15) is 6.92 Å². The normalized spacial score (nSPS) is 25.2. The zero-order valence-corrected chi connectivity index (χ0v) is 10.7. The number of amides is 1. The van der Waals surface area contributed by atoms with Gasteiger partial charge in [-0.3, -0.25) is 9.59 Å². The van der Waals surface area contributed by atoms with Crippen molar-refractivity contribution in [1.82, 2.24) is 0 Å². The molecule has 3 rings (SSSR count). The van der Waals surface area contributed by atoms with Gasteiger partial charge in [0.1, 0.15) is 5.92 Å². The van der Waals surface area contributed by atoms with Crippen molar-refractivity contribution in [2.75, 3.05) is 24.7 Å². The standard InChI is InChI=1S/C14H15NO4/c1-14(18-7-8-19-14)12(16)11-9-15(13(11)17)10-5-3-2-4-6-10/h2-6,11H,7-9H2,1H3. The van der Waals surface area contributed by atoms with E-state index in [-0.39, 0.29) is 11.7 Å². The van der Waals surface area contributed by atoms with Gasteiger partial charge in [-0.2, -0.15) is 0 Å². The van der Waals surface area contributed by atoms with Crippen LogP contribution in [-0.2, 0) is 19.1 Å². The highest BCUT2D eigenvalue weighted by molar-refractivity contribution is 6.16. The predicted molar refractivity (Wildman–Crippen MR) is 67.6 cm³/mol. The van der Waals surface area contributed by atoms with Gasteiger partial charge < -0.3 is 14.4 Å². The molecule has 5 heteroatoms. The molecule has 1 unspecified atom stereocenters. The molecule has 2 aliphatic rings. The van der Waals surface area contributed by atoms with E-state index in [4.69, 9.17) is 9.47 Å². The summed E-state index contributed by atoms with van der Waals surface area (Å²) in [4.78, 5) is 25.9. The van der Waals surface area contributed by atoms with Crippen molar-refractivity contribution in [3.63, 3.8) is 0 Å². The van der Waals surface area contributed by atoms with Crippen LogP contribution in [0.25, 0.3) is 0 Å². The number of carbonyl (C=O) groups excluding carboxylic acids is 2. The van der Waals surface area contributed by atoms with Crippen LogP contribution in [0.5, 0.6) is 0 Å². The van der Waals surface area contributed by atoms with E-state index in [1.165, 1.54) is 0 Å². The van der Waals surface area contributed by atoms with Gasteiger partial charge in [0.05, 0.1) is 13.2 Å². The molecule has 0 spiro atoms. The first kappa shape index (κ1) is 12.3. The van der Waals surface area contributed by atoms with E-state index in [9.17, 15) is 9.59 Å². The average molecular weight is 261 g/mol. The summed E-state index contributed by atoms with van der Waals surface area (Å²) in [5, 5.41) is 0. The first-order chi connectivity index (χ1) is 9.12. The number of rotatable bonds is 3. The number of para-hydroxylation sites is 1. The third-order valence-corrected chi connectivity index (χ3v) is 3.60. The summed E-state index contributed by atoms with van der Waals surface area (Å²) in [6.45, 7) is 2.77. The molecule has 2 fully saturated rings. The lowest BCUT2D eigenvalue weighted by atomic mass is 9.89. The van der Waals surface area contributed by atoms with Gasteiger partial charge in [0, 0.05) is 12.2 Å². The molecule has 0 aliphatic carbocycles. The van der Waals surface area contributed by atoms with Crippen molar-refractivity contribution in [2.24, 2.45) is 5.92 Å². The van der Waals surface area contributed by atoms with Gasteiger partial charge >= 0.3 is 0 Å². The van der Waals surface area contributed by atoms with Crippen molar-refractivity contribution < 1.29 is 19.1 Å². The Morgan fingerprint density at radius 1 is 1.26 bits per heavy atom. The number of carbonyl (C=O) groups is 2. The largest absolute Gasteiger partial charge is 0.341 e. The lowest BCUT2D eigenvalue weighted by Crippen LogP contribution is -2.60. The molecule has 0 bridgehead atoms. The van der Waals surface area contributed by atoms with Gasteiger partial charge in [-0.05, 0) is 19.1 Å². The Kier molecular flexibility index (Phi) is 2.88. The quantitative estimate of drug-likeness (QED) is 0.601. The number of hydrogen-bond acceptors (Lipinski definition) is 4. The van der Waals surface area contributed by atoms with E-state index in [2.05, 4.69) is 0 Å². The SMILES string of the molecule is CC1(C(=O)C2CN(c3ccccc3)C2=O)OCCO1. The number of nitrogens with zero attached hydrogens (tertiary/aromatic N) is 1. The highest BCUT2D eigenvalue weighted by Gasteiger charge is 2.51.